The number of aliphatic hydroxyl groups excluding tert-OH is 1. The molecule has 5 unspecified atom stereocenters. The van der Waals surface area contributed by atoms with Crippen molar-refractivity contribution in [2.75, 3.05) is 39.6 Å². The Balaban J connectivity index is 5.21. The van der Waals surface area contributed by atoms with Gasteiger partial charge in [-0.25, -0.2) is 9.13 Å². The predicted octanol–water partition coefficient (Wildman–Crippen LogP) is 24.8. The van der Waals surface area contributed by atoms with Gasteiger partial charge < -0.3 is 33.8 Å². The maximum absolute atomic E-state index is 13.1. The molecular formula is C83H162O17P2. The van der Waals surface area contributed by atoms with E-state index in [2.05, 4.69) is 55.4 Å². The van der Waals surface area contributed by atoms with Crippen LogP contribution in [0, 0.1) is 23.7 Å². The van der Waals surface area contributed by atoms with Gasteiger partial charge in [-0.05, 0) is 49.4 Å². The second-order valence-electron chi connectivity index (χ2n) is 31.1. The van der Waals surface area contributed by atoms with Crippen LogP contribution in [0.25, 0.3) is 0 Å². The molecule has 0 amide bonds. The number of esters is 4. The van der Waals surface area contributed by atoms with E-state index in [1.165, 1.54) is 225 Å². The van der Waals surface area contributed by atoms with Gasteiger partial charge in [0.1, 0.15) is 19.3 Å². The van der Waals surface area contributed by atoms with Crippen LogP contribution in [0.5, 0.6) is 0 Å². The Bertz CT molecular complexity index is 1990. The van der Waals surface area contributed by atoms with Crippen LogP contribution < -0.4 is 0 Å². The van der Waals surface area contributed by atoms with Gasteiger partial charge in [0.2, 0.25) is 0 Å². The van der Waals surface area contributed by atoms with Crippen LogP contribution in [0.4, 0.5) is 0 Å². The Morgan fingerprint density at radius 2 is 0.471 bits per heavy atom. The highest BCUT2D eigenvalue weighted by atomic mass is 31.2. The largest absolute Gasteiger partial charge is 0.472 e. The average Bonchev–Trinajstić information content (AvgIpc) is 0.961. The average molecular weight is 1490 g/mol. The number of carbonyl (C=O) groups excluding carboxylic acids is 4. The fraction of sp³-hybridized carbons (Fsp3) is 0.952. The van der Waals surface area contributed by atoms with Crippen LogP contribution in [-0.2, 0) is 65.4 Å². The van der Waals surface area contributed by atoms with Gasteiger partial charge in [0, 0.05) is 25.7 Å². The Labute approximate surface area is 626 Å². The van der Waals surface area contributed by atoms with Gasteiger partial charge in [-0.3, -0.25) is 37.3 Å². The Hall–Kier alpha value is -1.94. The molecule has 0 aliphatic rings. The molecule has 0 heterocycles. The van der Waals surface area contributed by atoms with Crippen molar-refractivity contribution in [2.24, 2.45) is 23.7 Å². The first-order chi connectivity index (χ1) is 49.2. The molecule has 0 aromatic rings. The van der Waals surface area contributed by atoms with Crippen molar-refractivity contribution in [3.63, 3.8) is 0 Å². The quantitative estimate of drug-likeness (QED) is 0.0222. The van der Waals surface area contributed by atoms with Gasteiger partial charge in [0.05, 0.1) is 26.4 Å². The topological polar surface area (TPSA) is 237 Å². The summed E-state index contributed by atoms with van der Waals surface area (Å²) in [4.78, 5) is 73.0. The van der Waals surface area contributed by atoms with Gasteiger partial charge in [-0.1, -0.05) is 376 Å². The molecule has 3 N–H and O–H groups in total. The van der Waals surface area contributed by atoms with Gasteiger partial charge in [-0.2, -0.15) is 0 Å². The first-order valence-electron chi connectivity index (χ1n) is 42.8. The van der Waals surface area contributed by atoms with Gasteiger partial charge in [0.15, 0.2) is 12.2 Å². The lowest BCUT2D eigenvalue weighted by Crippen LogP contribution is -2.30. The van der Waals surface area contributed by atoms with Gasteiger partial charge >= 0.3 is 39.5 Å². The fourth-order valence-corrected chi connectivity index (χ4v) is 14.3. The summed E-state index contributed by atoms with van der Waals surface area (Å²) < 4.78 is 68.7. The molecule has 0 saturated carbocycles. The van der Waals surface area contributed by atoms with Crippen LogP contribution in [-0.4, -0.2) is 96.7 Å². The predicted molar refractivity (Wildman–Crippen MR) is 418 cm³/mol. The number of ether oxygens (including phenoxy) is 4. The van der Waals surface area contributed by atoms with E-state index in [9.17, 15) is 43.2 Å². The number of phosphoric ester groups is 2. The smallest absolute Gasteiger partial charge is 0.462 e. The highest BCUT2D eigenvalue weighted by Gasteiger charge is 2.30. The number of rotatable bonds is 80. The molecule has 19 heteroatoms. The van der Waals surface area contributed by atoms with Crippen LogP contribution in [0.1, 0.15) is 428 Å². The molecule has 0 aromatic carbocycles. The molecule has 17 nitrogen and oxygen atoms in total. The lowest BCUT2D eigenvalue weighted by molar-refractivity contribution is -0.161. The van der Waals surface area contributed by atoms with Crippen LogP contribution >= 0.6 is 15.6 Å². The Morgan fingerprint density at radius 3 is 0.696 bits per heavy atom. The molecule has 0 aliphatic carbocycles. The maximum Gasteiger partial charge on any atom is 0.472 e. The minimum atomic E-state index is -4.96. The third-order valence-electron chi connectivity index (χ3n) is 20.4. The molecule has 0 fully saturated rings. The SMILES string of the molecule is CCC(C)CCCCCCCCCCCCCCCCCCCCC(=O)OC[C@H](COP(=O)(O)OC[C@@H](O)COP(=O)(O)OC[C@@H](COC(=O)CCCCCCCCC(C)CC)OC(=O)CCCCCCCCCCC(C)CC)OC(=O)CCCCCCCCCCCCCCCCCC(C)C. The molecule has 8 atom stereocenters. The summed E-state index contributed by atoms with van der Waals surface area (Å²) in [5.41, 5.74) is 0. The van der Waals surface area contributed by atoms with E-state index in [1.54, 1.807) is 0 Å². The van der Waals surface area contributed by atoms with E-state index >= 15 is 0 Å². The highest BCUT2D eigenvalue weighted by Crippen LogP contribution is 2.45. The monoisotopic (exact) mass is 1490 g/mol. The molecule has 0 bridgehead atoms. The van der Waals surface area contributed by atoms with E-state index < -0.39 is 97.5 Å². The molecule has 102 heavy (non-hydrogen) atoms. The summed E-state index contributed by atoms with van der Waals surface area (Å²) in [6, 6.07) is 0. The molecule has 0 rings (SSSR count). The summed E-state index contributed by atoms with van der Waals surface area (Å²) in [5, 5.41) is 10.6. The first-order valence-corrected chi connectivity index (χ1v) is 45.8. The summed E-state index contributed by atoms with van der Waals surface area (Å²) >= 11 is 0. The molecule has 0 aromatic heterocycles. The first kappa shape index (κ1) is 100. The van der Waals surface area contributed by atoms with Crippen molar-refractivity contribution in [3.8, 4) is 0 Å². The number of phosphoric acid groups is 2. The Kier molecular flexibility index (Phi) is 70.6. The third kappa shape index (κ3) is 72.3. The van der Waals surface area contributed by atoms with Crippen LogP contribution in [0.2, 0.25) is 0 Å². The van der Waals surface area contributed by atoms with Crippen molar-refractivity contribution < 1.29 is 80.2 Å². The summed E-state index contributed by atoms with van der Waals surface area (Å²) in [5.74, 6) is 1.06. The minimum Gasteiger partial charge on any atom is -0.462 e. The number of unbranched alkanes of at least 4 members (excludes halogenated alkanes) is 43. The van der Waals surface area contributed by atoms with Crippen molar-refractivity contribution >= 4 is 39.5 Å². The molecule has 606 valence electrons. The fourth-order valence-electron chi connectivity index (χ4n) is 12.7. The Morgan fingerprint density at radius 1 is 0.275 bits per heavy atom. The summed E-state index contributed by atoms with van der Waals surface area (Å²) in [7, 11) is -9.92. The molecule has 0 spiro atoms. The van der Waals surface area contributed by atoms with E-state index in [-0.39, 0.29) is 25.7 Å². The van der Waals surface area contributed by atoms with Crippen molar-refractivity contribution in [3.05, 3.63) is 0 Å². The second-order valence-corrected chi connectivity index (χ2v) is 34.0. The van der Waals surface area contributed by atoms with E-state index in [0.717, 1.165) is 120 Å². The standard InChI is InChI=1S/C83H162O17P2/c1-9-74(6)60-52-44-36-30-26-22-18-14-12-13-15-19-23-27-31-38-47-55-63-80(85)93-69-78(99-82(87)65-57-49-39-32-28-24-20-16-17-21-25-29-35-43-51-59-73(4)5)71-97-101(89,90)95-67-77(84)68-96-102(91,92)98-72-79(70-94-81(86)64-56-48-42-41-46-54-62-76(8)11-3)100-83(88)66-58-50-40-34-33-37-45-53-61-75(7)10-2/h73-79,84H,9-72H2,1-8H3,(H,89,90)(H,91,92)/t74?,75?,76?,77-,78-,79-/m1/s1. The zero-order chi connectivity index (χ0) is 75.3. The van der Waals surface area contributed by atoms with Crippen molar-refractivity contribution in [1.29, 1.82) is 0 Å². The van der Waals surface area contributed by atoms with E-state index in [0.29, 0.717) is 25.7 Å². The number of hydrogen-bond donors (Lipinski definition) is 3. The number of hydrogen-bond acceptors (Lipinski definition) is 15. The minimum absolute atomic E-state index is 0.104. The molecule has 0 saturated heterocycles. The second kappa shape index (κ2) is 72.0. The summed E-state index contributed by atoms with van der Waals surface area (Å²) in [6.45, 7) is 14.3. The zero-order valence-corrected chi connectivity index (χ0v) is 69.0. The lowest BCUT2D eigenvalue weighted by Gasteiger charge is -2.21. The number of carbonyl (C=O) groups is 4. The van der Waals surface area contributed by atoms with Gasteiger partial charge in [0.25, 0.3) is 0 Å². The van der Waals surface area contributed by atoms with E-state index in [1.807, 2.05) is 0 Å². The van der Waals surface area contributed by atoms with Gasteiger partial charge in [-0.15, -0.1) is 0 Å². The summed E-state index contributed by atoms with van der Waals surface area (Å²) in [6.07, 6.45) is 59.7. The molecular weight excluding hydrogens is 1330 g/mol. The third-order valence-corrected chi connectivity index (χ3v) is 22.3. The van der Waals surface area contributed by atoms with E-state index in [4.69, 9.17) is 37.0 Å². The van der Waals surface area contributed by atoms with Crippen molar-refractivity contribution in [2.45, 2.75) is 446 Å². The zero-order valence-electron chi connectivity index (χ0n) is 67.2. The molecule has 0 radical (unpaired) electrons. The highest BCUT2D eigenvalue weighted by molar-refractivity contribution is 7.47. The lowest BCUT2D eigenvalue weighted by atomic mass is 9.99. The van der Waals surface area contributed by atoms with Crippen LogP contribution in [0.15, 0.2) is 0 Å². The molecule has 0 aliphatic heterocycles. The number of aliphatic hydroxyl groups is 1. The van der Waals surface area contributed by atoms with Crippen LogP contribution in [0.3, 0.4) is 0 Å². The normalized spacial score (nSPS) is 14.8. The van der Waals surface area contributed by atoms with Crippen molar-refractivity contribution in [1.82, 2.24) is 0 Å². The maximum atomic E-state index is 13.1.